The van der Waals surface area contributed by atoms with E-state index in [2.05, 4.69) is 31.3 Å². The maximum Gasteiger partial charge on any atom is 0.0406 e. The molecule has 0 radical (unpaired) electrons. The first-order valence-electron chi connectivity index (χ1n) is 6.76. The van der Waals surface area contributed by atoms with E-state index in [1.54, 1.807) is 0 Å². The lowest BCUT2D eigenvalue weighted by Gasteiger charge is -2.19. The van der Waals surface area contributed by atoms with E-state index < -0.39 is 0 Å². The monoisotopic (exact) mass is 251 g/mol. The van der Waals surface area contributed by atoms with Crippen molar-refractivity contribution in [2.75, 3.05) is 0 Å². The second-order valence-electron chi connectivity index (χ2n) is 5.07. The fourth-order valence-electron chi connectivity index (χ4n) is 2.49. The van der Waals surface area contributed by atoms with Crippen LogP contribution in [0.5, 0.6) is 0 Å². The Hall–Kier alpha value is -0.530. The van der Waals surface area contributed by atoms with Crippen molar-refractivity contribution in [3.8, 4) is 0 Å². The Balaban J connectivity index is 1.99. The van der Waals surface area contributed by atoms with E-state index in [4.69, 9.17) is 11.6 Å². The van der Waals surface area contributed by atoms with Gasteiger partial charge in [-0.2, -0.15) is 0 Å². The smallest absolute Gasteiger partial charge is 0.0406 e. The second-order valence-corrected chi connectivity index (χ2v) is 5.51. The Morgan fingerprint density at radius 3 is 2.53 bits per heavy atom. The predicted molar refractivity (Wildman–Crippen MR) is 74.4 cm³/mol. The number of benzene rings is 1. The van der Waals surface area contributed by atoms with Crippen molar-refractivity contribution < 1.29 is 0 Å². The Labute approximate surface area is 110 Å². The Kier molecular flexibility index (Phi) is 4.47. The molecule has 1 aromatic carbocycles. The normalized spacial score (nSPS) is 24.6. The van der Waals surface area contributed by atoms with Gasteiger partial charge in [0, 0.05) is 17.1 Å². The molecular formula is C15H22ClN. The summed E-state index contributed by atoms with van der Waals surface area (Å²) >= 11 is 5.94. The first-order chi connectivity index (χ1) is 8.24. The molecule has 0 heterocycles. The molecule has 1 aromatic rings. The summed E-state index contributed by atoms with van der Waals surface area (Å²) in [5.74, 6) is 0.904. The zero-order valence-electron chi connectivity index (χ0n) is 10.7. The van der Waals surface area contributed by atoms with Gasteiger partial charge in [-0.05, 0) is 36.5 Å². The van der Waals surface area contributed by atoms with Gasteiger partial charge in [0.25, 0.3) is 0 Å². The third kappa shape index (κ3) is 3.46. The molecule has 0 spiro atoms. The first kappa shape index (κ1) is 12.9. The Bertz CT molecular complexity index is 346. The third-order valence-electron chi connectivity index (χ3n) is 3.71. The molecule has 3 atom stereocenters. The molecule has 1 saturated carbocycles. The molecular weight excluding hydrogens is 230 g/mol. The van der Waals surface area contributed by atoms with Crippen molar-refractivity contribution >= 4 is 11.6 Å². The lowest BCUT2D eigenvalue weighted by molar-refractivity contribution is 0.474. The zero-order chi connectivity index (χ0) is 12.3. The molecule has 17 heavy (non-hydrogen) atoms. The number of rotatable bonds is 6. The van der Waals surface area contributed by atoms with Crippen LogP contribution in [0, 0.1) is 5.92 Å². The van der Waals surface area contributed by atoms with Crippen molar-refractivity contribution in [3.05, 3.63) is 34.9 Å². The van der Waals surface area contributed by atoms with Gasteiger partial charge < -0.3 is 5.32 Å². The molecule has 1 N–H and O–H groups in total. The van der Waals surface area contributed by atoms with E-state index in [1.165, 1.54) is 31.2 Å². The molecule has 1 aliphatic rings. The standard InChI is InChI=1S/C15H22ClN/c1-3-5-14(17-15-10-11(15)4-2)12-6-8-13(16)9-7-12/h6-9,11,14-15,17H,3-5,10H2,1-2H3. The zero-order valence-corrected chi connectivity index (χ0v) is 11.5. The van der Waals surface area contributed by atoms with Crippen LogP contribution >= 0.6 is 11.6 Å². The second kappa shape index (κ2) is 5.88. The van der Waals surface area contributed by atoms with Gasteiger partial charge in [-0.15, -0.1) is 0 Å². The van der Waals surface area contributed by atoms with Crippen LogP contribution < -0.4 is 5.32 Å². The van der Waals surface area contributed by atoms with Gasteiger partial charge in [-0.3, -0.25) is 0 Å². The largest absolute Gasteiger partial charge is 0.307 e. The number of halogens is 1. The highest BCUT2D eigenvalue weighted by Crippen LogP contribution is 2.36. The molecule has 1 aliphatic carbocycles. The fraction of sp³-hybridized carbons (Fsp3) is 0.600. The van der Waals surface area contributed by atoms with Gasteiger partial charge >= 0.3 is 0 Å². The van der Waals surface area contributed by atoms with Crippen LogP contribution in [0.4, 0.5) is 0 Å². The number of nitrogens with one attached hydrogen (secondary N) is 1. The summed E-state index contributed by atoms with van der Waals surface area (Å²) in [6.07, 6.45) is 5.07. The van der Waals surface area contributed by atoms with E-state index in [0.717, 1.165) is 17.0 Å². The summed E-state index contributed by atoms with van der Waals surface area (Å²) in [4.78, 5) is 0. The molecule has 2 rings (SSSR count). The van der Waals surface area contributed by atoms with Crippen LogP contribution in [-0.4, -0.2) is 6.04 Å². The Morgan fingerprint density at radius 2 is 2.00 bits per heavy atom. The summed E-state index contributed by atoms with van der Waals surface area (Å²) in [6.45, 7) is 4.53. The average Bonchev–Trinajstić information content (AvgIpc) is 3.08. The van der Waals surface area contributed by atoms with Gasteiger partial charge in [0.2, 0.25) is 0 Å². The highest BCUT2D eigenvalue weighted by molar-refractivity contribution is 6.30. The van der Waals surface area contributed by atoms with Crippen molar-refractivity contribution in [3.63, 3.8) is 0 Å². The maximum atomic E-state index is 5.94. The molecule has 94 valence electrons. The lowest BCUT2D eigenvalue weighted by Crippen LogP contribution is -2.24. The quantitative estimate of drug-likeness (QED) is 0.781. The van der Waals surface area contributed by atoms with Crippen LogP contribution in [0.15, 0.2) is 24.3 Å². The minimum Gasteiger partial charge on any atom is -0.307 e. The van der Waals surface area contributed by atoms with Gasteiger partial charge in [-0.1, -0.05) is 50.4 Å². The number of hydrogen-bond acceptors (Lipinski definition) is 1. The molecule has 0 saturated heterocycles. The van der Waals surface area contributed by atoms with E-state index in [-0.39, 0.29) is 0 Å². The highest BCUT2D eigenvalue weighted by atomic mass is 35.5. The van der Waals surface area contributed by atoms with E-state index in [1.807, 2.05) is 12.1 Å². The fourth-order valence-corrected chi connectivity index (χ4v) is 2.62. The highest BCUT2D eigenvalue weighted by Gasteiger charge is 2.36. The first-order valence-corrected chi connectivity index (χ1v) is 7.13. The molecule has 0 bridgehead atoms. The lowest BCUT2D eigenvalue weighted by atomic mass is 10.0. The average molecular weight is 252 g/mol. The van der Waals surface area contributed by atoms with Crippen molar-refractivity contribution in [2.24, 2.45) is 5.92 Å². The SMILES string of the molecule is CCCC(NC1CC1CC)c1ccc(Cl)cc1. The minimum atomic E-state index is 0.499. The maximum absolute atomic E-state index is 5.94. The van der Waals surface area contributed by atoms with Crippen LogP contribution in [0.2, 0.25) is 5.02 Å². The van der Waals surface area contributed by atoms with Gasteiger partial charge in [-0.25, -0.2) is 0 Å². The van der Waals surface area contributed by atoms with E-state index >= 15 is 0 Å². The van der Waals surface area contributed by atoms with Crippen LogP contribution in [-0.2, 0) is 0 Å². The topological polar surface area (TPSA) is 12.0 Å². The van der Waals surface area contributed by atoms with Crippen LogP contribution in [0.3, 0.4) is 0 Å². The van der Waals surface area contributed by atoms with E-state index in [9.17, 15) is 0 Å². The summed E-state index contributed by atoms with van der Waals surface area (Å²) < 4.78 is 0. The molecule has 2 heteroatoms. The summed E-state index contributed by atoms with van der Waals surface area (Å²) in [5, 5.41) is 4.61. The summed E-state index contributed by atoms with van der Waals surface area (Å²) in [5.41, 5.74) is 1.37. The van der Waals surface area contributed by atoms with Crippen molar-refractivity contribution in [1.82, 2.24) is 5.32 Å². The molecule has 0 amide bonds. The van der Waals surface area contributed by atoms with Gasteiger partial charge in [0.05, 0.1) is 0 Å². The van der Waals surface area contributed by atoms with E-state index in [0.29, 0.717) is 6.04 Å². The van der Waals surface area contributed by atoms with Crippen molar-refractivity contribution in [1.29, 1.82) is 0 Å². The number of hydrogen-bond donors (Lipinski definition) is 1. The van der Waals surface area contributed by atoms with Crippen LogP contribution in [0.25, 0.3) is 0 Å². The predicted octanol–water partition coefficient (Wildman–Crippen LogP) is 4.57. The molecule has 1 fully saturated rings. The summed E-state index contributed by atoms with van der Waals surface area (Å²) in [7, 11) is 0. The molecule has 1 nitrogen and oxygen atoms in total. The molecule has 0 aliphatic heterocycles. The minimum absolute atomic E-state index is 0.499. The van der Waals surface area contributed by atoms with Gasteiger partial charge in [0.15, 0.2) is 0 Å². The molecule has 0 aromatic heterocycles. The Morgan fingerprint density at radius 1 is 1.29 bits per heavy atom. The summed E-state index contributed by atoms with van der Waals surface area (Å²) in [6, 6.07) is 9.53. The van der Waals surface area contributed by atoms with Crippen molar-refractivity contribution in [2.45, 2.75) is 51.6 Å². The van der Waals surface area contributed by atoms with Crippen LogP contribution in [0.1, 0.15) is 51.1 Å². The van der Waals surface area contributed by atoms with Gasteiger partial charge in [0.1, 0.15) is 0 Å². The molecule has 3 unspecified atom stereocenters. The third-order valence-corrected chi connectivity index (χ3v) is 3.96.